The molecule has 1 fully saturated rings. The highest BCUT2D eigenvalue weighted by molar-refractivity contribution is 5.35. The third-order valence-corrected chi connectivity index (χ3v) is 3.30. The second-order valence-electron chi connectivity index (χ2n) is 4.89. The van der Waals surface area contributed by atoms with Crippen molar-refractivity contribution < 1.29 is 9.47 Å². The summed E-state index contributed by atoms with van der Waals surface area (Å²) in [5.74, 6) is 1.03. The SMILES string of the molecule is Cc1ccc(C)c(OCCCC2CCCO2)c1. The summed E-state index contributed by atoms with van der Waals surface area (Å²) >= 11 is 0. The van der Waals surface area contributed by atoms with Crippen molar-refractivity contribution in [2.24, 2.45) is 0 Å². The van der Waals surface area contributed by atoms with E-state index in [4.69, 9.17) is 9.47 Å². The van der Waals surface area contributed by atoms with Crippen molar-refractivity contribution in [3.63, 3.8) is 0 Å². The molecule has 1 atom stereocenters. The van der Waals surface area contributed by atoms with Crippen LogP contribution >= 0.6 is 0 Å². The van der Waals surface area contributed by atoms with Crippen LogP contribution in [0.25, 0.3) is 0 Å². The lowest BCUT2D eigenvalue weighted by molar-refractivity contribution is 0.0981. The van der Waals surface area contributed by atoms with Gasteiger partial charge in [0.2, 0.25) is 0 Å². The smallest absolute Gasteiger partial charge is 0.122 e. The zero-order chi connectivity index (χ0) is 12.1. The van der Waals surface area contributed by atoms with Crippen LogP contribution in [0.2, 0.25) is 0 Å². The number of rotatable bonds is 5. The quantitative estimate of drug-likeness (QED) is 0.724. The van der Waals surface area contributed by atoms with Crippen molar-refractivity contribution in [2.75, 3.05) is 13.2 Å². The Bertz CT molecular complexity index is 354. The van der Waals surface area contributed by atoms with Crippen LogP contribution in [0.1, 0.15) is 36.8 Å². The van der Waals surface area contributed by atoms with Gasteiger partial charge in [-0.25, -0.2) is 0 Å². The molecular weight excluding hydrogens is 212 g/mol. The molecule has 2 heteroatoms. The van der Waals surface area contributed by atoms with Gasteiger partial charge in [-0.2, -0.15) is 0 Å². The van der Waals surface area contributed by atoms with E-state index in [1.165, 1.54) is 24.0 Å². The minimum atomic E-state index is 0.484. The molecule has 2 nitrogen and oxygen atoms in total. The molecule has 0 spiro atoms. The van der Waals surface area contributed by atoms with Crippen LogP contribution in [0, 0.1) is 13.8 Å². The lowest BCUT2D eigenvalue weighted by Gasteiger charge is -2.12. The van der Waals surface area contributed by atoms with Crippen molar-refractivity contribution in [1.82, 2.24) is 0 Å². The maximum Gasteiger partial charge on any atom is 0.122 e. The Hall–Kier alpha value is -1.02. The summed E-state index contributed by atoms with van der Waals surface area (Å²) in [6, 6.07) is 6.35. The molecule has 1 aromatic carbocycles. The molecule has 0 amide bonds. The second kappa shape index (κ2) is 6.06. The molecule has 94 valence electrons. The van der Waals surface area contributed by atoms with E-state index in [1.54, 1.807) is 0 Å². The van der Waals surface area contributed by atoms with E-state index in [0.29, 0.717) is 6.10 Å². The van der Waals surface area contributed by atoms with Gasteiger partial charge in [0.25, 0.3) is 0 Å². The predicted molar refractivity (Wildman–Crippen MR) is 69.6 cm³/mol. The van der Waals surface area contributed by atoms with Gasteiger partial charge >= 0.3 is 0 Å². The molecule has 1 aromatic rings. The van der Waals surface area contributed by atoms with Crippen molar-refractivity contribution in [3.05, 3.63) is 29.3 Å². The van der Waals surface area contributed by atoms with Gasteiger partial charge in [-0.05, 0) is 56.7 Å². The summed E-state index contributed by atoms with van der Waals surface area (Å²) in [6.07, 6.45) is 5.15. The van der Waals surface area contributed by atoms with Gasteiger partial charge in [0.05, 0.1) is 12.7 Å². The summed E-state index contributed by atoms with van der Waals surface area (Å²) in [5.41, 5.74) is 2.47. The van der Waals surface area contributed by atoms with Gasteiger partial charge in [-0.1, -0.05) is 12.1 Å². The lowest BCUT2D eigenvalue weighted by atomic mass is 10.1. The zero-order valence-corrected chi connectivity index (χ0v) is 10.9. The largest absolute Gasteiger partial charge is 0.493 e. The minimum Gasteiger partial charge on any atom is -0.493 e. The zero-order valence-electron chi connectivity index (χ0n) is 10.9. The Morgan fingerprint density at radius 1 is 1.35 bits per heavy atom. The van der Waals surface area contributed by atoms with Gasteiger partial charge in [0.1, 0.15) is 5.75 Å². The Morgan fingerprint density at radius 2 is 2.24 bits per heavy atom. The van der Waals surface area contributed by atoms with E-state index in [9.17, 15) is 0 Å². The van der Waals surface area contributed by atoms with Crippen LogP contribution in [0.5, 0.6) is 5.75 Å². The van der Waals surface area contributed by atoms with E-state index in [-0.39, 0.29) is 0 Å². The molecule has 0 radical (unpaired) electrons. The van der Waals surface area contributed by atoms with Crippen LogP contribution in [-0.4, -0.2) is 19.3 Å². The van der Waals surface area contributed by atoms with Gasteiger partial charge in [-0.3, -0.25) is 0 Å². The minimum absolute atomic E-state index is 0.484. The Labute approximate surface area is 104 Å². The number of benzene rings is 1. The molecule has 0 N–H and O–H groups in total. The van der Waals surface area contributed by atoms with Crippen LogP contribution in [0.3, 0.4) is 0 Å². The average Bonchev–Trinajstić information content (AvgIpc) is 2.82. The van der Waals surface area contributed by atoms with Crippen molar-refractivity contribution in [2.45, 2.75) is 45.6 Å². The summed E-state index contributed by atoms with van der Waals surface area (Å²) in [4.78, 5) is 0. The number of hydrogen-bond acceptors (Lipinski definition) is 2. The molecule has 0 aliphatic carbocycles. The normalized spacial score (nSPS) is 19.5. The Morgan fingerprint density at radius 3 is 3.00 bits per heavy atom. The fourth-order valence-electron chi connectivity index (χ4n) is 2.23. The first kappa shape index (κ1) is 12.4. The van der Waals surface area contributed by atoms with E-state index >= 15 is 0 Å². The third kappa shape index (κ3) is 3.74. The molecule has 1 unspecified atom stereocenters. The molecule has 1 aliphatic rings. The third-order valence-electron chi connectivity index (χ3n) is 3.30. The lowest BCUT2D eigenvalue weighted by Crippen LogP contribution is -2.08. The molecule has 2 rings (SSSR count). The van der Waals surface area contributed by atoms with Crippen molar-refractivity contribution >= 4 is 0 Å². The highest BCUT2D eigenvalue weighted by Gasteiger charge is 2.14. The highest BCUT2D eigenvalue weighted by Crippen LogP contribution is 2.20. The topological polar surface area (TPSA) is 18.5 Å². The second-order valence-corrected chi connectivity index (χ2v) is 4.89. The van der Waals surface area contributed by atoms with E-state index in [2.05, 4.69) is 32.0 Å². The molecule has 1 saturated heterocycles. The first-order valence-electron chi connectivity index (χ1n) is 6.57. The number of hydrogen-bond donors (Lipinski definition) is 0. The van der Waals surface area contributed by atoms with Gasteiger partial charge in [0, 0.05) is 6.61 Å². The van der Waals surface area contributed by atoms with Crippen molar-refractivity contribution in [1.29, 1.82) is 0 Å². The van der Waals surface area contributed by atoms with Crippen LogP contribution < -0.4 is 4.74 Å². The van der Waals surface area contributed by atoms with Gasteiger partial charge < -0.3 is 9.47 Å². The molecule has 0 aromatic heterocycles. The van der Waals surface area contributed by atoms with Crippen LogP contribution in [-0.2, 0) is 4.74 Å². The number of aryl methyl sites for hydroxylation is 2. The van der Waals surface area contributed by atoms with Gasteiger partial charge in [-0.15, -0.1) is 0 Å². The maximum absolute atomic E-state index is 5.82. The summed E-state index contributed by atoms with van der Waals surface area (Å²) in [5, 5.41) is 0. The highest BCUT2D eigenvalue weighted by atomic mass is 16.5. The Kier molecular flexibility index (Phi) is 4.43. The fourth-order valence-corrected chi connectivity index (χ4v) is 2.23. The maximum atomic E-state index is 5.82. The van der Waals surface area contributed by atoms with Crippen LogP contribution in [0.15, 0.2) is 18.2 Å². The van der Waals surface area contributed by atoms with Gasteiger partial charge in [0.15, 0.2) is 0 Å². The molecule has 1 aliphatic heterocycles. The first-order chi connectivity index (χ1) is 8.25. The summed E-state index contributed by atoms with van der Waals surface area (Å²) < 4.78 is 11.4. The fraction of sp³-hybridized carbons (Fsp3) is 0.600. The van der Waals surface area contributed by atoms with E-state index in [0.717, 1.165) is 31.8 Å². The first-order valence-corrected chi connectivity index (χ1v) is 6.57. The van der Waals surface area contributed by atoms with E-state index < -0.39 is 0 Å². The standard InChI is InChI=1S/C15H22O2/c1-12-7-8-13(2)15(11-12)17-10-4-6-14-5-3-9-16-14/h7-8,11,14H,3-6,9-10H2,1-2H3. The molecule has 0 saturated carbocycles. The predicted octanol–water partition coefficient (Wildman–Crippen LogP) is 3.64. The molecule has 0 bridgehead atoms. The summed E-state index contributed by atoms with van der Waals surface area (Å²) in [7, 11) is 0. The Balaban J connectivity index is 1.72. The van der Waals surface area contributed by atoms with Crippen molar-refractivity contribution in [3.8, 4) is 5.75 Å². The average molecular weight is 234 g/mol. The number of ether oxygens (including phenoxy) is 2. The van der Waals surface area contributed by atoms with E-state index in [1.807, 2.05) is 0 Å². The molecule has 1 heterocycles. The monoisotopic (exact) mass is 234 g/mol. The summed E-state index contributed by atoms with van der Waals surface area (Å²) in [6.45, 7) is 5.93. The molecule has 17 heavy (non-hydrogen) atoms. The molecular formula is C15H22O2. The van der Waals surface area contributed by atoms with Crippen LogP contribution in [0.4, 0.5) is 0 Å².